The van der Waals surface area contributed by atoms with Crippen molar-refractivity contribution < 1.29 is 4.79 Å². The Labute approximate surface area is 144 Å². The minimum atomic E-state index is -0.379. The summed E-state index contributed by atoms with van der Waals surface area (Å²) >= 11 is 0. The molecule has 2 atom stereocenters. The predicted octanol–water partition coefficient (Wildman–Crippen LogP) is 5.36. The molecule has 4 heteroatoms. The van der Waals surface area contributed by atoms with E-state index in [2.05, 4.69) is 12.2 Å². The molecule has 23 heavy (non-hydrogen) atoms. The van der Waals surface area contributed by atoms with Crippen LogP contribution in [-0.2, 0) is 4.79 Å². The van der Waals surface area contributed by atoms with Crippen molar-refractivity contribution in [1.82, 2.24) is 10.4 Å². The SMILES string of the molecule is CCCCCCCCCCCC(=O)NC(CC)N([O-])C(C)CC. The van der Waals surface area contributed by atoms with E-state index in [1.54, 1.807) is 0 Å². The first kappa shape index (κ1) is 22.4. The lowest BCUT2D eigenvalue weighted by Crippen LogP contribution is -2.48. The summed E-state index contributed by atoms with van der Waals surface area (Å²) in [4.78, 5) is 12.0. The van der Waals surface area contributed by atoms with Crippen LogP contribution in [0.15, 0.2) is 0 Å². The first-order chi connectivity index (χ1) is 11.1. The first-order valence-corrected chi connectivity index (χ1v) is 9.81. The normalized spacial score (nSPS) is 14.0. The number of nitrogens with zero attached hydrogens (tertiary/aromatic N) is 1. The van der Waals surface area contributed by atoms with E-state index in [1.165, 1.54) is 44.9 Å². The van der Waals surface area contributed by atoms with Crippen LogP contribution >= 0.6 is 0 Å². The Morgan fingerprint density at radius 3 is 1.91 bits per heavy atom. The van der Waals surface area contributed by atoms with Crippen molar-refractivity contribution in [2.24, 2.45) is 0 Å². The molecular formula is C19H39N2O2-. The van der Waals surface area contributed by atoms with E-state index in [0.29, 0.717) is 12.8 Å². The Balaban J connectivity index is 3.69. The average Bonchev–Trinajstić information content (AvgIpc) is 2.56. The third-order valence-corrected chi connectivity index (χ3v) is 4.55. The Kier molecular flexibility index (Phi) is 14.6. The van der Waals surface area contributed by atoms with Gasteiger partial charge in [-0.2, -0.15) is 0 Å². The van der Waals surface area contributed by atoms with E-state index >= 15 is 0 Å². The molecular weight excluding hydrogens is 288 g/mol. The summed E-state index contributed by atoms with van der Waals surface area (Å²) < 4.78 is 0. The molecule has 4 nitrogen and oxygen atoms in total. The molecule has 138 valence electrons. The summed E-state index contributed by atoms with van der Waals surface area (Å²) in [6.07, 6.45) is 12.8. The van der Waals surface area contributed by atoms with Crippen LogP contribution in [0.5, 0.6) is 0 Å². The molecule has 0 aliphatic rings. The quantitative estimate of drug-likeness (QED) is 0.250. The zero-order chi connectivity index (χ0) is 17.5. The molecule has 0 spiro atoms. The molecule has 2 unspecified atom stereocenters. The van der Waals surface area contributed by atoms with Crippen LogP contribution in [0.2, 0.25) is 0 Å². The number of carbonyl (C=O) groups is 1. The van der Waals surface area contributed by atoms with Gasteiger partial charge in [0.2, 0.25) is 5.91 Å². The van der Waals surface area contributed by atoms with Crippen LogP contribution in [0.1, 0.15) is 105 Å². The molecule has 0 aliphatic carbocycles. The fourth-order valence-electron chi connectivity index (χ4n) is 2.69. The van der Waals surface area contributed by atoms with Crippen molar-refractivity contribution in [2.45, 2.75) is 117 Å². The van der Waals surface area contributed by atoms with Crippen molar-refractivity contribution in [3.8, 4) is 0 Å². The highest BCUT2D eigenvalue weighted by molar-refractivity contribution is 5.76. The Morgan fingerprint density at radius 2 is 1.43 bits per heavy atom. The molecule has 0 bridgehead atoms. The lowest BCUT2D eigenvalue weighted by Gasteiger charge is -2.41. The van der Waals surface area contributed by atoms with Gasteiger partial charge in [0.05, 0.1) is 6.17 Å². The number of amides is 1. The van der Waals surface area contributed by atoms with Crippen LogP contribution < -0.4 is 5.32 Å². The van der Waals surface area contributed by atoms with Gasteiger partial charge in [-0.3, -0.25) is 4.79 Å². The first-order valence-electron chi connectivity index (χ1n) is 9.81. The Bertz CT molecular complexity index is 285. The maximum absolute atomic E-state index is 12.1. The molecule has 0 aromatic heterocycles. The van der Waals surface area contributed by atoms with Crippen LogP contribution in [0.25, 0.3) is 0 Å². The highest BCUT2D eigenvalue weighted by atomic mass is 16.5. The molecule has 0 rings (SSSR count). The molecule has 0 fully saturated rings. The maximum Gasteiger partial charge on any atom is 0.221 e. The lowest BCUT2D eigenvalue weighted by molar-refractivity contribution is -0.123. The second-order valence-electron chi connectivity index (χ2n) is 6.69. The molecule has 0 aromatic rings. The summed E-state index contributed by atoms with van der Waals surface area (Å²) in [5, 5.41) is 16.0. The van der Waals surface area contributed by atoms with Gasteiger partial charge >= 0.3 is 0 Å². The fourth-order valence-corrected chi connectivity index (χ4v) is 2.69. The molecule has 1 amide bonds. The fraction of sp³-hybridized carbons (Fsp3) is 0.947. The Hall–Kier alpha value is -0.610. The summed E-state index contributed by atoms with van der Waals surface area (Å²) in [6.45, 7) is 8.08. The molecule has 0 saturated carbocycles. The van der Waals surface area contributed by atoms with E-state index < -0.39 is 0 Å². The molecule has 0 aromatic carbocycles. The molecule has 0 heterocycles. The zero-order valence-corrected chi connectivity index (χ0v) is 15.9. The van der Waals surface area contributed by atoms with Crippen molar-refractivity contribution in [1.29, 1.82) is 0 Å². The van der Waals surface area contributed by atoms with Crippen molar-refractivity contribution in [3.63, 3.8) is 0 Å². The molecule has 0 aliphatic heterocycles. The third-order valence-electron chi connectivity index (χ3n) is 4.55. The Morgan fingerprint density at radius 1 is 0.913 bits per heavy atom. The molecule has 1 N–H and O–H groups in total. The van der Waals surface area contributed by atoms with Gasteiger partial charge in [-0.15, -0.1) is 0 Å². The number of hydrogen-bond acceptors (Lipinski definition) is 3. The minimum absolute atomic E-state index is 0.0175. The predicted molar refractivity (Wildman–Crippen MR) is 99.0 cm³/mol. The van der Waals surface area contributed by atoms with Gasteiger partial charge in [0.25, 0.3) is 0 Å². The number of hydrogen-bond donors (Lipinski definition) is 1. The van der Waals surface area contributed by atoms with Crippen LogP contribution in [-0.4, -0.2) is 23.2 Å². The monoisotopic (exact) mass is 327 g/mol. The number of rotatable bonds is 15. The largest absolute Gasteiger partial charge is 0.784 e. The van der Waals surface area contributed by atoms with Gasteiger partial charge < -0.3 is 15.6 Å². The van der Waals surface area contributed by atoms with E-state index in [4.69, 9.17) is 0 Å². The molecule has 0 radical (unpaired) electrons. The lowest BCUT2D eigenvalue weighted by atomic mass is 10.1. The second-order valence-corrected chi connectivity index (χ2v) is 6.69. The van der Waals surface area contributed by atoms with Crippen LogP contribution in [0.3, 0.4) is 0 Å². The smallest absolute Gasteiger partial charge is 0.221 e. The van der Waals surface area contributed by atoms with E-state index in [9.17, 15) is 10.0 Å². The summed E-state index contributed by atoms with van der Waals surface area (Å²) in [5.74, 6) is 0.0175. The average molecular weight is 328 g/mol. The van der Waals surface area contributed by atoms with Gasteiger partial charge in [0.15, 0.2) is 0 Å². The van der Waals surface area contributed by atoms with Crippen molar-refractivity contribution in [2.75, 3.05) is 0 Å². The summed E-state index contributed by atoms with van der Waals surface area (Å²) in [7, 11) is 0. The number of carbonyl (C=O) groups excluding carboxylic acids is 1. The van der Waals surface area contributed by atoms with Crippen LogP contribution in [0, 0.1) is 5.21 Å². The van der Waals surface area contributed by atoms with Gasteiger partial charge in [-0.05, 0) is 25.3 Å². The van der Waals surface area contributed by atoms with Gasteiger partial charge in [-0.1, -0.05) is 79.1 Å². The maximum atomic E-state index is 12.1. The number of unbranched alkanes of at least 4 members (excludes halogenated alkanes) is 8. The topological polar surface area (TPSA) is 55.4 Å². The summed E-state index contributed by atoms with van der Waals surface area (Å²) in [5.41, 5.74) is 0. The standard InChI is InChI=1S/C19H39N2O2/c1-5-8-9-10-11-12-13-14-15-16-19(22)20-18(7-3)21(23)17(4)6-2/h17-18H,5-16H2,1-4H3,(H,20,22)/q-1. The number of hydroxylamine groups is 2. The van der Waals surface area contributed by atoms with Gasteiger partial charge in [-0.25, -0.2) is 0 Å². The van der Waals surface area contributed by atoms with Gasteiger partial charge in [0, 0.05) is 6.42 Å². The van der Waals surface area contributed by atoms with Gasteiger partial charge in [0.1, 0.15) is 0 Å². The second kappa shape index (κ2) is 14.9. The highest BCUT2D eigenvalue weighted by Gasteiger charge is 2.14. The minimum Gasteiger partial charge on any atom is -0.784 e. The van der Waals surface area contributed by atoms with E-state index in [-0.39, 0.29) is 18.1 Å². The van der Waals surface area contributed by atoms with E-state index in [1.807, 2.05) is 20.8 Å². The van der Waals surface area contributed by atoms with E-state index in [0.717, 1.165) is 24.3 Å². The summed E-state index contributed by atoms with van der Waals surface area (Å²) in [6, 6.07) is -0.0482. The number of nitrogens with one attached hydrogen (secondary N) is 1. The molecule has 0 saturated heterocycles. The van der Waals surface area contributed by atoms with Crippen molar-refractivity contribution in [3.05, 3.63) is 5.21 Å². The van der Waals surface area contributed by atoms with Crippen molar-refractivity contribution >= 4 is 5.91 Å². The highest BCUT2D eigenvalue weighted by Crippen LogP contribution is 2.11. The third kappa shape index (κ3) is 11.5. The van der Waals surface area contributed by atoms with Crippen LogP contribution in [0.4, 0.5) is 0 Å². The zero-order valence-electron chi connectivity index (χ0n) is 15.9.